The second-order valence-corrected chi connectivity index (χ2v) is 2.98. The van der Waals surface area contributed by atoms with Gasteiger partial charge in [0, 0.05) is 33.9 Å². The summed E-state index contributed by atoms with van der Waals surface area (Å²) in [6.07, 6.45) is 5.39. The molecule has 86 valence electrons. The van der Waals surface area contributed by atoms with Crippen LogP contribution in [-0.2, 0) is 4.79 Å². The van der Waals surface area contributed by atoms with Gasteiger partial charge < -0.3 is 5.32 Å². The highest BCUT2D eigenvalue weighted by molar-refractivity contribution is 6.30. The van der Waals surface area contributed by atoms with Crippen LogP contribution in [0.3, 0.4) is 0 Å². The Bertz CT molecular complexity index is 262. The van der Waals surface area contributed by atoms with Crippen molar-refractivity contribution in [2.24, 2.45) is 9.98 Å². The fourth-order valence-electron chi connectivity index (χ4n) is 0.995. The molecule has 0 radical (unpaired) electrons. The Morgan fingerprint density at radius 2 is 2.33 bits per heavy atom. The van der Waals surface area contributed by atoms with Crippen LogP contribution in [0.2, 0.25) is 0 Å². The molecule has 0 spiro atoms. The molecule has 0 aliphatic rings. The van der Waals surface area contributed by atoms with Crippen LogP contribution in [-0.4, -0.2) is 31.4 Å². The van der Waals surface area contributed by atoms with Crippen LogP contribution in [0.4, 0.5) is 0 Å². The molecule has 15 heavy (non-hydrogen) atoms. The predicted octanol–water partition coefficient (Wildman–Crippen LogP) is 1.82. The number of carbonyl (C=O) groups is 1. The van der Waals surface area contributed by atoms with E-state index in [1.165, 1.54) is 6.20 Å². The van der Waals surface area contributed by atoms with Gasteiger partial charge in [-0.05, 0) is 12.8 Å². The van der Waals surface area contributed by atoms with Crippen LogP contribution in [0, 0.1) is 0 Å². The number of carbonyl (C=O) groups excluding carboxylic acids is 1. The first-order chi connectivity index (χ1) is 7.24. The molecular formula is C11H21N3O. The summed E-state index contributed by atoms with van der Waals surface area (Å²) in [7, 11) is 1.73. The van der Waals surface area contributed by atoms with Crippen molar-refractivity contribution < 1.29 is 6.22 Å². The Hall–Kier alpha value is -1.45. The van der Waals surface area contributed by atoms with Crippen molar-refractivity contribution >= 4 is 17.8 Å². The lowest BCUT2D eigenvalue weighted by atomic mass is 10.2. The van der Waals surface area contributed by atoms with E-state index in [4.69, 9.17) is 0 Å². The largest absolute Gasteiger partial charge is 0.356 e. The quantitative estimate of drug-likeness (QED) is 0.507. The number of aliphatic imine (C=N–C) groups is 2. The van der Waals surface area contributed by atoms with E-state index < -0.39 is 0 Å². The molecule has 0 saturated carbocycles. The summed E-state index contributed by atoms with van der Waals surface area (Å²) >= 11 is 0. The molecule has 0 aliphatic carbocycles. The molecule has 0 bridgehead atoms. The van der Waals surface area contributed by atoms with Gasteiger partial charge in [-0.2, -0.15) is 0 Å². The Kier molecular flexibility index (Phi) is 8.24. The lowest BCUT2D eigenvalue weighted by molar-refractivity contribution is -0.120. The highest BCUT2D eigenvalue weighted by Crippen LogP contribution is 1.91. The SMILES string of the molecule is C=CN=CC(CCCNC(=O)CC)=NC.[HH]. The van der Waals surface area contributed by atoms with Crippen molar-refractivity contribution in [1.82, 2.24) is 5.32 Å². The minimum absolute atomic E-state index is 0. The maximum atomic E-state index is 10.9. The van der Waals surface area contributed by atoms with Gasteiger partial charge in [0.15, 0.2) is 0 Å². The number of rotatable bonds is 7. The van der Waals surface area contributed by atoms with Gasteiger partial charge in [0.2, 0.25) is 5.91 Å². The number of amides is 1. The van der Waals surface area contributed by atoms with E-state index in [0.717, 1.165) is 18.6 Å². The van der Waals surface area contributed by atoms with E-state index in [1.54, 1.807) is 13.3 Å². The van der Waals surface area contributed by atoms with Gasteiger partial charge in [0.25, 0.3) is 0 Å². The van der Waals surface area contributed by atoms with Gasteiger partial charge in [-0.1, -0.05) is 13.5 Å². The van der Waals surface area contributed by atoms with Crippen molar-refractivity contribution in [3.8, 4) is 0 Å². The van der Waals surface area contributed by atoms with Gasteiger partial charge in [-0.3, -0.25) is 14.8 Å². The summed E-state index contributed by atoms with van der Waals surface area (Å²) in [6, 6.07) is 0. The first-order valence-corrected chi connectivity index (χ1v) is 5.11. The van der Waals surface area contributed by atoms with Gasteiger partial charge in [0.05, 0.1) is 5.71 Å². The zero-order valence-electron chi connectivity index (χ0n) is 9.49. The lowest BCUT2D eigenvalue weighted by Gasteiger charge is -2.02. The van der Waals surface area contributed by atoms with Gasteiger partial charge in [0.1, 0.15) is 0 Å². The zero-order chi connectivity index (χ0) is 11.5. The topological polar surface area (TPSA) is 53.8 Å². The van der Waals surface area contributed by atoms with Crippen LogP contribution in [0.15, 0.2) is 22.8 Å². The monoisotopic (exact) mass is 211 g/mol. The van der Waals surface area contributed by atoms with Gasteiger partial charge in [-0.25, -0.2) is 0 Å². The van der Waals surface area contributed by atoms with Crippen molar-refractivity contribution in [2.45, 2.75) is 26.2 Å². The summed E-state index contributed by atoms with van der Waals surface area (Å²) in [5, 5.41) is 2.81. The molecule has 0 aromatic rings. The van der Waals surface area contributed by atoms with E-state index in [2.05, 4.69) is 21.9 Å². The molecule has 0 saturated heterocycles. The van der Waals surface area contributed by atoms with Crippen molar-refractivity contribution in [3.63, 3.8) is 0 Å². The summed E-state index contributed by atoms with van der Waals surface area (Å²) < 4.78 is 0. The van der Waals surface area contributed by atoms with Gasteiger partial charge in [-0.15, -0.1) is 0 Å². The van der Waals surface area contributed by atoms with E-state index in [0.29, 0.717) is 13.0 Å². The standard InChI is InChI=1S/C11H19N3O.H2/c1-4-11(15)14-8-6-7-10(12-3)9-13-5-2;/h5,9H,2,4,6-8H2,1,3H3,(H,14,15);1H. The molecule has 0 heterocycles. The zero-order valence-corrected chi connectivity index (χ0v) is 9.49. The fourth-order valence-corrected chi connectivity index (χ4v) is 0.995. The second kappa shape index (κ2) is 9.12. The average Bonchev–Trinajstić information content (AvgIpc) is 2.27. The Balaban J connectivity index is 0. The van der Waals surface area contributed by atoms with E-state index >= 15 is 0 Å². The number of hydrogen-bond acceptors (Lipinski definition) is 3. The summed E-state index contributed by atoms with van der Waals surface area (Å²) in [5.74, 6) is 0.0877. The molecule has 1 N–H and O–H groups in total. The van der Waals surface area contributed by atoms with Crippen LogP contribution in [0.1, 0.15) is 27.6 Å². The van der Waals surface area contributed by atoms with Crippen molar-refractivity contribution in [1.29, 1.82) is 0 Å². The highest BCUT2D eigenvalue weighted by atomic mass is 16.1. The Labute approximate surface area is 92.7 Å². The van der Waals surface area contributed by atoms with E-state index in [1.807, 2.05) is 6.92 Å². The molecule has 4 nitrogen and oxygen atoms in total. The summed E-state index contributed by atoms with van der Waals surface area (Å²) in [4.78, 5) is 18.9. The number of hydrogen-bond donors (Lipinski definition) is 1. The third-order valence-electron chi connectivity index (χ3n) is 1.87. The normalized spacial score (nSPS) is 11.7. The average molecular weight is 211 g/mol. The maximum absolute atomic E-state index is 10.9. The lowest BCUT2D eigenvalue weighted by Crippen LogP contribution is -2.23. The third-order valence-corrected chi connectivity index (χ3v) is 1.87. The smallest absolute Gasteiger partial charge is 0.219 e. The molecule has 0 unspecified atom stereocenters. The molecule has 4 heteroatoms. The second-order valence-electron chi connectivity index (χ2n) is 2.98. The molecule has 0 aromatic heterocycles. The molecular weight excluding hydrogens is 190 g/mol. The van der Waals surface area contributed by atoms with Crippen molar-refractivity contribution in [3.05, 3.63) is 12.8 Å². The maximum Gasteiger partial charge on any atom is 0.219 e. The molecule has 0 atom stereocenters. The molecule has 0 aromatic carbocycles. The van der Waals surface area contributed by atoms with Crippen LogP contribution in [0.5, 0.6) is 0 Å². The van der Waals surface area contributed by atoms with E-state index in [9.17, 15) is 4.79 Å². The van der Waals surface area contributed by atoms with Gasteiger partial charge >= 0.3 is 0 Å². The minimum Gasteiger partial charge on any atom is -0.356 e. The van der Waals surface area contributed by atoms with Crippen LogP contribution in [0.25, 0.3) is 0 Å². The Morgan fingerprint density at radius 1 is 1.60 bits per heavy atom. The summed E-state index contributed by atoms with van der Waals surface area (Å²) in [5.41, 5.74) is 0.917. The minimum atomic E-state index is 0. The number of nitrogens with zero attached hydrogens (tertiary/aromatic N) is 2. The van der Waals surface area contributed by atoms with E-state index in [-0.39, 0.29) is 7.33 Å². The molecule has 0 aliphatic heterocycles. The molecule has 0 rings (SSSR count). The van der Waals surface area contributed by atoms with Crippen LogP contribution < -0.4 is 5.32 Å². The number of nitrogens with one attached hydrogen (secondary N) is 1. The Morgan fingerprint density at radius 3 is 2.87 bits per heavy atom. The first kappa shape index (κ1) is 13.5. The first-order valence-electron chi connectivity index (χ1n) is 5.11. The molecule has 1 amide bonds. The third kappa shape index (κ3) is 7.61. The van der Waals surface area contributed by atoms with Crippen molar-refractivity contribution in [2.75, 3.05) is 13.6 Å². The predicted molar refractivity (Wildman–Crippen MR) is 66.7 cm³/mol. The van der Waals surface area contributed by atoms with Crippen LogP contribution >= 0.6 is 0 Å². The molecule has 0 fully saturated rings. The fraction of sp³-hybridized carbons (Fsp3) is 0.545. The highest BCUT2D eigenvalue weighted by Gasteiger charge is 1.97. The summed E-state index contributed by atoms with van der Waals surface area (Å²) in [6.45, 7) is 6.01.